The number of carbonyl (C=O) groups is 1. The molecule has 0 aliphatic heterocycles. The number of rotatable bonds is 3. The number of amides is 2. The van der Waals surface area contributed by atoms with Crippen LogP contribution in [0.5, 0.6) is 0 Å². The van der Waals surface area contributed by atoms with Crippen molar-refractivity contribution in [2.24, 2.45) is 0 Å². The van der Waals surface area contributed by atoms with Crippen LogP contribution < -0.4 is 10.6 Å². The zero-order valence-electron chi connectivity index (χ0n) is 10.5. The van der Waals surface area contributed by atoms with Crippen molar-refractivity contribution in [2.45, 2.75) is 0 Å². The molecule has 0 aromatic heterocycles. The van der Waals surface area contributed by atoms with Gasteiger partial charge in [0.1, 0.15) is 5.02 Å². The Kier molecular flexibility index (Phi) is 4.77. The Hall–Kier alpha value is -2.12. The van der Waals surface area contributed by atoms with Crippen molar-refractivity contribution >= 4 is 50.6 Å². The highest BCUT2D eigenvalue weighted by Gasteiger charge is 2.13. The zero-order chi connectivity index (χ0) is 15.4. The summed E-state index contributed by atoms with van der Waals surface area (Å²) in [7, 11) is 0. The summed E-state index contributed by atoms with van der Waals surface area (Å²) in [6.07, 6.45) is 0. The zero-order valence-corrected chi connectivity index (χ0v) is 12.8. The topological polar surface area (TPSA) is 84.3 Å². The van der Waals surface area contributed by atoms with Crippen molar-refractivity contribution in [2.75, 3.05) is 10.6 Å². The Labute approximate surface area is 133 Å². The molecule has 2 aromatic rings. The van der Waals surface area contributed by atoms with Crippen molar-refractivity contribution in [3.8, 4) is 0 Å². The number of urea groups is 1. The third kappa shape index (κ3) is 4.17. The molecule has 0 unspecified atom stereocenters. The minimum Gasteiger partial charge on any atom is -0.308 e. The van der Waals surface area contributed by atoms with Gasteiger partial charge in [-0.15, -0.1) is 0 Å². The predicted octanol–water partition coefficient (Wildman–Crippen LogP) is 4.65. The smallest absolute Gasteiger partial charge is 0.308 e. The second kappa shape index (κ2) is 6.55. The first-order valence-electron chi connectivity index (χ1n) is 5.73. The van der Waals surface area contributed by atoms with Crippen LogP contribution in [0.2, 0.25) is 5.02 Å². The molecular formula is C13H9BrClN3O3. The van der Waals surface area contributed by atoms with E-state index in [0.717, 1.165) is 4.47 Å². The second-order valence-electron chi connectivity index (χ2n) is 4.01. The van der Waals surface area contributed by atoms with Crippen molar-refractivity contribution in [1.82, 2.24) is 0 Å². The van der Waals surface area contributed by atoms with E-state index in [4.69, 9.17) is 11.6 Å². The van der Waals surface area contributed by atoms with Gasteiger partial charge >= 0.3 is 6.03 Å². The summed E-state index contributed by atoms with van der Waals surface area (Å²) in [6, 6.07) is 10.5. The van der Waals surface area contributed by atoms with Crippen LogP contribution in [0.3, 0.4) is 0 Å². The van der Waals surface area contributed by atoms with Gasteiger partial charge in [-0.2, -0.15) is 0 Å². The molecule has 2 aromatic carbocycles. The molecule has 0 bridgehead atoms. The normalized spacial score (nSPS) is 10.0. The minimum atomic E-state index is -0.611. The molecule has 0 aliphatic carbocycles. The molecule has 6 nitrogen and oxygen atoms in total. The highest BCUT2D eigenvalue weighted by Crippen LogP contribution is 2.27. The fourth-order valence-corrected chi connectivity index (χ4v) is 2.01. The quantitative estimate of drug-likeness (QED) is 0.609. The van der Waals surface area contributed by atoms with Crippen LogP contribution in [0.15, 0.2) is 46.9 Å². The molecular weight excluding hydrogens is 362 g/mol. The Morgan fingerprint density at radius 3 is 2.29 bits per heavy atom. The first-order valence-corrected chi connectivity index (χ1v) is 6.90. The molecule has 2 N–H and O–H groups in total. The highest BCUT2D eigenvalue weighted by atomic mass is 79.9. The first kappa shape index (κ1) is 15.3. The number of carbonyl (C=O) groups excluding carboxylic acids is 1. The summed E-state index contributed by atoms with van der Waals surface area (Å²) < 4.78 is 0.891. The number of hydrogen-bond acceptors (Lipinski definition) is 3. The summed E-state index contributed by atoms with van der Waals surface area (Å²) in [5, 5.41) is 15.9. The minimum absolute atomic E-state index is 0.0128. The molecule has 0 radical (unpaired) electrons. The van der Waals surface area contributed by atoms with Gasteiger partial charge in [0.2, 0.25) is 0 Å². The van der Waals surface area contributed by atoms with Crippen molar-refractivity contribution < 1.29 is 9.72 Å². The van der Waals surface area contributed by atoms with Crippen LogP contribution in [0.4, 0.5) is 21.9 Å². The van der Waals surface area contributed by atoms with E-state index in [1.807, 2.05) is 0 Å². The number of halogens is 2. The van der Waals surface area contributed by atoms with E-state index in [1.54, 1.807) is 24.3 Å². The lowest BCUT2D eigenvalue weighted by Gasteiger charge is -2.08. The number of anilines is 2. The Balaban J connectivity index is 2.07. The monoisotopic (exact) mass is 369 g/mol. The SMILES string of the molecule is O=C(Nc1ccc(Br)cc1)Nc1ccc(Cl)c([N+](=O)[O-])c1. The summed E-state index contributed by atoms with van der Waals surface area (Å²) in [4.78, 5) is 22.0. The van der Waals surface area contributed by atoms with Gasteiger partial charge in [-0.1, -0.05) is 27.5 Å². The highest BCUT2D eigenvalue weighted by molar-refractivity contribution is 9.10. The van der Waals surface area contributed by atoms with Gasteiger partial charge in [0.15, 0.2) is 0 Å². The van der Waals surface area contributed by atoms with Crippen LogP contribution in [0.1, 0.15) is 0 Å². The summed E-state index contributed by atoms with van der Waals surface area (Å²) in [5.74, 6) is 0. The maximum Gasteiger partial charge on any atom is 0.323 e. The average molecular weight is 371 g/mol. The van der Waals surface area contributed by atoms with E-state index in [1.165, 1.54) is 18.2 Å². The van der Waals surface area contributed by atoms with E-state index in [-0.39, 0.29) is 16.4 Å². The number of nitrogens with one attached hydrogen (secondary N) is 2. The third-order valence-corrected chi connectivity index (χ3v) is 3.35. The molecule has 0 fully saturated rings. The molecule has 0 heterocycles. The van der Waals surface area contributed by atoms with E-state index in [9.17, 15) is 14.9 Å². The maximum atomic E-state index is 11.8. The summed E-state index contributed by atoms with van der Waals surface area (Å²) >= 11 is 8.99. The van der Waals surface area contributed by atoms with Gasteiger partial charge in [0, 0.05) is 21.9 Å². The van der Waals surface area contributed by atoms with Gasteiger partial charge < -0.3 is 10.6 Å². The lowest BCUT2D eigenvalue weighted by Crippen LogP contribution is -2.19. The average Bonchev–Trinajstić information content (AvgIpc) is 2.43. The van der Waals surface area contributed by atoms with Gasteiger partial charge in [-0.25, -0.2) is 4.79 Å². The number of nitrogens with zero attached hydrogens (tertiary/aromatic N) is 1. The third-order valence-electron chi connectivity index (χ3n) is 2.50. The molecule has 0 spiro atoms. The number of nitro groups is 1. The van der Waals surface area contributed by atoms with E-state index < -0.39 is 11.0 Å². The predicted molar refractivity (Wildman–Crippen MR) is 84.9 cm³/mol. The van der Waals surface area contributed by atoms with Crippen molar-refractivity contribution in [3.05, 3.63) is 62.1 Å². The van der Waals surface area contributed by atoms with Gasteiger partial charge in [-0.05, 0) is 36.4 Å². The van der Waals surface area contributed by atoms with Gasteiger partial charge in [0.25, 0.3) is 5.69 Å². The molecule has 0 saturated carbocycles. The van der Waals surface area contributed by atoms with Gasteiger partial charge in [-0.3, -0.25) is 10.1 Å². The summed E-state index contributed by atoms with van der Waals surface area (Å²) in [6.45, 7) is 0. The molecule has 8 heteroatoms. The van der Waals surface area contributed by atoms with E-state index in [0.29, 0.717) is 5.69 Å². The van der Waals surface area contributed by atoms with Gasteiger partial charge in [0.05, 0.1) is 4.92 Å². The fraction of sp³-hybridized carbons (Fsp3) is 0. The molecule has 0 saturated heterocycles. The Morgan fingerprint density at radius 2 is 1.67 bits per heavy atom. The summed E-state index contributed by atoms with van der Waals surface area (Å²) in [5.41, 5.74) is 0.609. The Morgan fingerprint density at radius 1 is 1.10 bits per heavy atom. The van der Waals surface area contributed by atoms with E-state index in [2.05, 4.69) is 26.6 Å². The molecule has 108 valence electrons. The lowest BCUT2D eigenvalue weighted by atomic mass is 10.3. The maximum absolute atomic E-state index is 11.8. The molecule has 0 aliphatic rings. The van der Waals surface area contributed by atoms with E-state index >= 15 is 0 Å². The number of hydrogen-bond donors (Lipinski definition) is 2. The molecule has 2 amide bonds. The molecule has 2 rings (SSSR count). The van der Waals surface area contributed by atoms with Crippen molar-refractivity contribution in [3.63, 3.8) is 0 Å². The molecule has 0 atom stereocenters. The van der Waals surface area contributed by atoms with Crippen molar-refractivity contribution in [1.29, 1.82) is 0 Å². The van der Waals surface area contributed by atoms with Crippen LogP contribution in [-0.4, -0.2) is 11.0 Å². The van der Waals surface area contributed by atoms with Crippen LogP contribution in [0, 0.1) is 10.1 Å². The lowest BCUT2D eigenvalue weighted by molar-refractivity contribution is -0.384. The van der Waals surface area contributed by atoms with Crippen LogP contribution >= 0.6 is 27.5 Å². The second-order valence-corrected chi connectivity index (χ2v) is 5.33. The largest absolute Gasteiger partial charge is 0.323 e. The van der Waals surface area contributed by atoms with Crippen LogP contribution in [-0.2, 0) is 0 Å². The molecule has 21 heavy (non-hydrogen) atoms. The Bertz CT molecular complexity index is 692. The van der Waals surface area contributed by atoms with Crippen LogP contribution in [0.25, 0.3) is 0 Å². The number of nitro benzene ring substituents is 1. The fourth-order valence-electron chi connectivity index (χ4n) is 1.56. The standard InChI is InChI=1S/C13H9BrClN3O3/c14-8-1-3-9(4-2-8)16-13(19)17-10-5-6-11(15)12(7-10)18(20)21/h1-7H,(H2,16,17,19). The first-order chi connectivity index (χ1) is 9.95. The number of benzene rings is 2.